The molecule has 1 aromatic heterocycles. The Morgan fingerprint density at radius 2 is 1.92 bits per heavy atom. The number of hydrogen-bond acceptors (Lipinski definition) is 6. The molecule has 2 N–H and O–H groups in total. The second-order valence-corrected chi connectivity index (χ2v) is 8.72. The van der Waals surface area contributed by atoms with E-state index in [0.29, 0.717) is 35.6 Å². The number of rotatable bonds is 11. The quantitative estimate of drug-likeness (QED) is 0.357. The van der Waals surface area contributed by atoms with Crippen LogP contribution in [0.15, 0.2) is 36.4 Å². The van der Waals surface area contributed by atoms with Gasteiger partial charge in [-0.05, 0) is 48.7 Å². The van der Waals surface area contributed by atoms with Crippen LogP contribution in [0.3, 0.4) is 0 Å². The van der Waals surface area contributed by atoms with Gasteiger partial charge in [0.2, 0.25) is 5.88 Å². The molecule has 2 aromatic rings. The van der Waals surface area contributed by atoms with Gasteiger partial charge in [0.15, 0.2) is 0 Å². The summed E-state index contributed by atoms with van der Waals surface area (Å²) in [4.78, 5) is 4.46. The van der Waals surface area contributed by atoms with Crippen LogP contribution in [0.2, 0.25) is 0 Å². The molecule has 0 saturated carbocycles. The Bertz CT molecular complexity index is 738. The van der Waals surface area contributed by atoms with Gasteiger partial charge in [0, 0.05) is 23.8 Å². The largest absolute Gasteiger partial charge is 0.478 e. The predicted molar refractivity (Wildman–Crippen MR) is 98.0 cm³/mol. The van der Waals surface area contributed by atoms with Crippen molar-refractivity contribution < 1.29 is 17.7 Å². The molecule has 0 amide bonds. The van der Waals surface area contributed by atoms with Gasteiger partial charge in [-0.3, -0.25) is 4.55 Å². The molecular weight excluding hydrogens is 348 g/mol. The molecule has 0 aliphatic carbocycles. The third-order valence-electron chi connectivity index (χ3n) is 3.33. The zero-order chi connectivity index (χ0) is 17.3. The molecule has 6 nitrogen and oxygen atoms in total. The van der Waals surface area contributed by atoms with Crippen LogP contribution in [0.1, 0.15) is 19.3 Å². The molecule has 132 valence electrons. The van der Waals surface area contributed by atoms with E-state index in [9.17, 15) is 8.42 Å². The third kappa shape index (κ3) is 7.48. The standard InChI is InChI=1S/C16H22N2O4S2/c19-24(20,21)23-13-11-17-10-4-1-5-12-22-16-9-8-14-6-2-3-7-15(14)18-16/h2-3,6-9,17H,1,4-5,10-13H2,(H,19,20,21). The average molecular weight is 370 g/mol. The number of pyridine rings is 1. The van der Waals surface area contributed by atoms with Crippen molar-refractivity contribution >= 4 is 30.8 Å². The lowest BCUT2D eigenvalue weighted by Gasteiger charge is -2.07. The molecule has 2 rings (SSSR count). The second-order valence-electron chi connectivity index (χ2n) is 5.25. The highest BCUT2D eigenvalue weighted by Gasteiger charge is 2.03. The maximum atomic E-state index is 10.5. The minimum absolute atomic E-state index is 0.343. The van der Waals surface area contributed by atoms with Crippen molar-refractivity contribution in [2.45, 2.75) is 19.3 Å². The summed E-state index contributed by atoms with van der Waals surface area (Å²) < 4.78 is 35.2. The summed E-state index contributed by atoms with van der Waals surface area (Å²) in [6.07, 6.45) is 2.95. The van der Waals surface area contributed by atoms with Gasteiger partial charge in [-0.25, -0.2) is 4.98 Å². The molecule has 0 saturated heterocycles. The van der Waals surface area contributed by atoms with Crippen molar-refractivity contribution in [2.24, 2.45) is 0 Å². The fourth-order valence-corrected chi connectivity index (χ4v) is 3.50. The lowest BCUT2D eigenvalue weighted by atomic mass is 10.2. The predicted octanol–water partition coefficient (Wildman–Crippen LogP) is 2.91. The van der Waals surface area contributed by atoms with E-state index in [2.05, 4.69) is 10.3 Å². The van der Waals surface area contributed by atoms with Crippen LogP contribution in [-0.4, -0.2) is 43.4 Å². The van der Waals surface area contributed by atoms with Crippen molar-refractivity contribution in [1.82, 2.24) is 10.3 Å². The lowest BCUT2D eigenvalue weighted by molar-refractivity contribution is 0.295. The number of ether oxygens (including phenoxy) is 1. The average Bonchev–Trinajstić information content (AvgIpc) is 2.55. The Hall–Kier alpha value is -1.35. The number of fused-ring (bicyclic) bond motifs is 1. The number of nitrogens with zero attached hydrogens (tertiary/aromatic N) is 1. The van der Waals surface area contributed by atoms with E-state index in [1.165, 1.54) is 0 Å². The van der Waals surface area contributed by atoms with Gasteiger partial charge in [0.05, 0.1) is 12.1 Å². The molecule has 0 bridgehead atoms. The second kappa shape index (κ2) is 9.83. The topological polar surface area (TPSA) is 88.5 Å². The van der Waals surface area contributed by atoms with Crippen molar-refractivity contribution in [3.63, 3.8) is 0 Å². The summed E-state index contributed by atoms with van der Waals surface area (Å²) in [5.74, 6) is 0.990. The summed E-state index contributed by atoms with van der Waals surface area (Å²) in [6, 6.07) is 11.8. The summed E-state index contributed by atoms with van der Waals surface area (Å²) in [7, 11) is -3.37. The van der Waals surface area contributed by atoms with E-state index in [1.54, 1.807) is 0 Å². The highest BCUT2D eigenvalue weighted by atomic mass is 33.1. The fourth-order valence-electron chi connectivity index (χ4n) is 2.18. The third-order valence-corrected chi connectivity index (χ3v) is 5.39. The normalized spacial score (nSPS) is 11.7. The maximum absolute atomic E-state index is 10.5. The van der Waals surface area contributed by atoms with E-state index in [1.807, 2.05) is 36.4 Å². The Balaban J connectivity index is 1.52. The highest BCUT2D eigenvalue weighted by Crippen LogP contribution is 2.16. The van der Waals surface area contributed by atoms with E-state index in [0.717, 1.165) is 36.7 Å². The molecule has 1 heterocycles. The SMILES string of the molecule is O=S(=O)(O)SCCNCCCCCOc1ccc2ccccc2n1. The first-order valence-corrected chi connectivity index (χ1v) is 10.8. The molecule has 0 spiro atoms. The molecule has 0 radical (unpaired) electrons. The molecule has 24 heavy (non-hydrogen) atoms. The van der Waals surface area contributed by atoms with E-state index in [4.69, 9.17) is 9.29 Å². The molecule has 8 heteroatoms. The smallest absolute Gasteiger partial charge is 0.319 e. The van der Waals surface area contributed by atoms with Crippen molar-refractivity contribution in [2.75, 3.05) is 25.4 Å². The summed E-state index contributed by atoms with van der Waals surface area (Å²) in [6.45, 7) is 2.01. The number of nitrogens with one attached hydrogen (secondary N) is 1. The van der Waals surface area contributed by atoms with E-state index in [-0.39, 0.29) is 0 Å². The van der Waals surface area contributed by atoms with Crippen LogP contribution in [0.25, 0.3) is 10.9 Å². The van der Waals surface area contributed by atoms with Gasteiger partial charge in [-0.2, -0.15) is 8.42 Å². The number of benzene rings is 1. The van der Waals surface area contributed by atoms with Crippen LogP contribution in [0.4, 0.5) is 0 Å². The minimum atomic E-state index is -3.91. The summed E-state index contributed by atoms with van der Waals surface area (Å²) in [5.41, 5.74) is 0.932. The Morgan fingerprint density at radius 3 is 2.75 bits per heavy atom. The molecule has 0 aliphatic rings. The molecular formula is C16H22N2O4S2. The van der Waals surface area contributed by atoms with Crippen molar-refractivity contribution in [3.05, 3.63) is 36.4 Å². The first-order chi connectivity index (χ1) is 11.5. The van der Waals surface area contributed by atoms with Gasteiger partial charge >= 0.3 is 9.15 Å². The maximum Gasteiger partial charge on any atom is 0.319 e. The van der Waals surface area contributed by atoms with Gasteiger partial charge < -0.3 is 10.1 Å². The first kappa shape index (κ1) is 19.0. The van der Waals surface area contributed by atoms with Crippen molar-refractivity contribution in [1.29, 1.82) is 0 Å². The zero-order valence-electron chi connectivity index (χ0n) is 13.3. The molecule has 0 aliphatic heterocycles. The van der Waals surface area contributed by atoms with Crippen LogP contribution < -0.4 is 10.1 Å². The van der Waals surface area contributed by atoms with Crippen LogP contribution in [0.5, 0.6) is 5.88 Å². The van der Waals surface area contributed by atoms with Crippen LogP contribution in [-0.2, 0) is 9.15 Å². The number of hydrogen-bond donors (Lipinski definition) is 2. The molecule has 0 atom stereocenters. The van der Waals surface area contributed by atoms with Gasteiger partial charge in [0.25, 0.3) is 0 Å². The lowest BCUT2D eigenvalue weighted by Crippen LogP contribution is -2.19. The molecule has 0 unspecified atom stereocenters. The van der Waals surface area contributed by atoms with Gasteiger partial charge in [-0.15, -0.1) is 0 Å². The summed E-state index contributed by atoms with van der Waals surface area (Å²) in [5, 5.41) is 4.24. The number of para-hydroxylation sites is 1. The van der Waals surface area contributed by atoms with Gasteiger partial charge in [0.1, 0.15) is 0 Å². The Kier molecular flexibility index (Phi) is 7.77. The zero-order valence-corrected chi connectivity index (χ0v) is 15.0. The number of aromatic nitrogens is 1. The van der Waals surface area contributed by atoms with E-state index >= 15 is 0 Å². The Labute approximate surface area is 146 Å². The minimum Gasteiger partial charge on any atom is -0.478 e. The van der Waals surface area contributed by atoms with Gasteiger partial charge in [-0.1, -0.05) is 18.2 Å². The fraction of sp³-hybridized carbons (Fsp3) is 0.438. The first-order valence-electron chi connectivity index (χ1n) is 7.86. The van der Waals surface area contributed by atoms with Crippen LogP contribution in [0, 0.1) is 0 Å². The summed E-state index contributed by atoms with van der Waals surface area (Å²) >= 11 is 0. The monoisotopic (exact) mass is 370 g/mol. The van der Waals surface area contributed by atoms with Crippen molar-refractivity contribution in [3.8, 4) is 5.88 Å². The Morgan fingerprint density at radius 1 is 1.08 bits per heavy atom. The van der Waals surface area contributed by atoms with E-state index < -0.39 is 9.15 Å². The van der Waals surface area contributed by atoms with Crippen LogP contribution >= 0.6 is 10.8 Å². The highest BCUT2D eigenvalue weighted by molar-refractivity contribution is 8.69. The molecule has 0 fully saturated rings. The number of unbranched alkanes of at least 4 members (excludes halogenated alkanes) is 2. The molecule has 1 aromatic carbocycles.